The van der Waals surface area contributed by atoms with Crippen LogP contribution in [-0.4, -0.2) is 18.3 Å². The molecule has 3 heteroatoms. The van der Waals surface area contributed by atoms with E-state index in [1.807, 2.05) is 0 Å². The molecule has 3 rings (SSSR count). The fraction of sp³-hybridized carbons (Fsp3) is 0.625. The van der Waals surface area contributed by atoms with Gasteiger partial charge in [-0.1, -0.05) is 18.6 Å². The summed E-state index contributed by atoms with van der Waals surface area (Å²) in [5.74, 6) is 1.77. The first-order chi connectivity index (χ1) is 9.19. The number of aliphatic hydroxyl groups is 1. The largest absolute Gasteiger partial charge is 0.494 e. The van der Waals surface area contributed by atoms with Crippen LogP contribution in [0.4, 0.5) is 4.39 Å². The summed E-state index contributed by atoms with van der Waals surface area (Å²) in [7, 11) is 1.47. The highest BCUT2D eigenvalue weighted by atomic mass is 19.1. The van der Waals surface area contributed by atoms with Crippen LogP contribution in [0.25, 0.3) is 0 Å². The number of ether oxygens (including phenoxy) is 1. The Morgan fingerprint density at radius 3 is 2.84 bits per heavy atom. The second-order valence-electron chi connectivity index (χ2n) is 6.04. The maximum absolute atomic E-state index is 14.1. The van der Waals surface area contributed by atoms with E-state index in [1.54, 1.807) is 18.2 Å². The molecule has 2 aliphatic carbocycles. The van der Waals surface area contributed by atoms with E-state index in [-0.39, 0.29) is 11.6 Å². The molecule has 19 heavy (non-hydrogen) atoms. The average molecular weight is 264 g/mol. The van der Waals surface area contributed by atoms with E-state index >= 15 is 0 Å². The molecule has 0 aromatic heterocycles. The summed E-state index contributed by atoms with van der Waals surface area (Å²) in [6.45, 7) is 0. The first-order valence-electron chi connectivity index (χ1n) is 7.18. The molecule has 104 valence electrons. The molecule has 2 aliphatic rings. The van der Waals surface area contributed by atoms with Crippen LogP contribution in [0.3, 0.4) is 0 Å². The van der Waals surface area contributed by atoms with Gasteiger partial charge in [0.15, 0.2) is 11.6 Å². The molecule has 0 saturated heterocycles. The highest BCUT2D eigenvalue weighted by molar-refractivity contribution is 5.31. The van der Waals surface area contributed by atoms with Gasteiger partial charge in [-0.3, -0.25) is 0 Å². The molecule has 1 aromatic carbocycles. The highest BCUT2D eigenvalue weighted by Crippen LogP contribution is 2.50. The van der Waals surface area contributed by atoms with E-state index in [0.29, 0.717) is 23.8 Å². The Morgan fingerprint density at radius 2 is 2.21 bits per heavy atom. The number of hydrogen-bond donors (Lipinski definition) is 1. The van der Waals surface area contributed by atoms with Crippen molar-refractivity contribution in [3.63, 3.8) is 0 Å². The van der Waals surface area contributed by atoms with Crippen molar-refractivity contribution >= 4 is 0 Å². The average Bonchev–Trinajstić information content (AvgIpc) is 3.03. The lowest BCUT2D eigenvalue weighted by molar-refractivity contribution is 0.0742. The van der Waals surface area contributed by atoms with Crippen molar-refractivity contribution in [3.8, 4) is 5.75 Å². The van der Waals surface area contributed by atoms with Gasteiger partial charge in [0.2, 0.25) is 0 Å². The Balaban J connectivity index is 1.71. The Hall–Kier alpha value is -1.09. The third kappa shape index (κ3) is 2.36. The smallest absolute Gasteiger partial charge is 0.168 e. The topological polar surface area (TPSA) is 29.5 Å². The van der Waals surface area contributed by atoms with Crippen molar-refractivity contribution in [1.29, 1.82) is 0 Å². The van der Waals surface area contributed by atoms with E-state index < -0.39 is 6.10 Å². The first kappa shape index (κ1) is 12.9. The lowest BCUT2D eigenvalue weighted by Crippen LogP contribution is -2.27. The summed E-state index contributed by atoms with van der Waals surface area (Å²) in [6.07, 6.45) is 4.93. The molecule has 1 aromatic rings. The van der Waals surface area contributed by atoms with Gasteiger partial charge < -0.3 is 9.84 Å². The summed E-state index contributed by atoms with van der Waals surface area (Å²) >= 11 is 0. The Kier molecular flexibility index (Phi) is 3.48. The van der Waals surface area contributed by atoms with Crippen LogP contribution in [0.2, 0.25) is 0 Å². The van der Waals surface area contributed by atoms with Crippen LogP contribution in [0.15, 0.2) is 18.2 Å². The fourth-order valence-electron chi connectivity index (χ4n) is 4.01. The van der Waals surface area contributed by atoms with E-state index in [0.717, 1.165) is 12.3 Å². The first-order valence-corrected chi connectivity index (χ1v) is 7.18. The van der Waals surface area contributed by atoms with Crippen LogP contribution < -0.4 is 4.74 Å². The van der Waals surface area contributed by atoms with Gasteiger partial charge in [-0.2, -0.15) is 0 Å². The van der Waals surface area contributed by atoms with Gasteiger partial charge in [0.25, 0.3) is 0 Å². The number of aliphatic hydroxyl groups excluding tert-OH is 1. The zero-order valence-electron chi connectivity index (χ0n) is 11.3. The van der Waals surface area contributed by atoms with Gasteiger partial charge in [0.05, 0.1) is 13.2 Å². The summed E-state index contributed by atoms with van der Waals surface area (Å²) in [5, 5.41) is 10.4. The van der Waals surface area contributed by atoms with E-state index in [2.05, 4.69) is 0 Å². The summed E-state index contributed by atoms with van der Waals surface area (Å²) in [6, 6.07) is 5.14. The minimum Gasteiger partial charge on any atom is -0.494 e. The van der Waals surface area contributed by atoms with Crippen LogP contribution in [0, 0.1) is 23.6 Å². The molecule has 2 nitrogen and oxygen atoms in total. The van der Waals surface area contributed by atoms with Gasteiger partial charge in [-0.25, -0.2) is 4.39 Å². The van der Waals surface area contributed by atoms with Gasteiger partial charge in [-0.15, -0.1) is 0 Å². The molecule has 4 unspecified atom stereocenters. The zero-order chi connectivity index (χ0) is 13.4. The van der Waals surface area contributed by atoms with Crippen LogP contribution in [0.5, 0.6) is 5.75 Å². The molecule has 2 saturated carbocycles. The molecular weight excluding hydrogens is 243 g/mol. The Morgan fingerprint density at radius 1 is 1.37 bits per heavy atom. The Bertz CT molecular complexity index is 460. The minimum absolute atomic E-state index is 0.262. The summed E-state index contributed by atoms with van der Waals surface area (Å²) in [5.41, 5.74) is 0.564. The molecular formula is C16H21FO2. The van der Waals surface area contributed by atoms with Crippen molar-refractivity contribution in [2.45, 2.75) is 38.2 Å². The number of benzene rings is 1. The standard InChI is InChI=1S/C16H21FO2/c1-19-15-4-2-3-12(16(15)17)9-14(18)13-8-10-5-6-11(13)7-10/h2-4,10-11,13-14,18H,5-9H2,1H3. The second-order valence-corrected chi connectivity index (χ2v) is 6.04. The predicted octanol–water partition coefficient (Wildman–Crippen LogP) is 3.17. The Labute approximate surface area is 113 Å². The number of methoxy groups -OCH3 is 1. The SMILES string of the molecule is COc1cccc(CC(O)C2CC3CCC2C3)c1F. The van der Waals surface area contributed by atoms with Crippen molar-refractivity contribution in [2.24, 2.45) is 17.8 Å². The quantitative estimate of drug-likeness (QED) is 0.905. The van der Waals surface area contributed by atoms with Crippen molar-refractivity contribution in [1.82, 2.24) is 0 Å². The highest BCUT2D eigenvalue weighted by Gasteiger charge is 2.42. The van der Waals surface area contributed by atoms with Crippen molar-refractivity contribution in [3.05, 3.63) is 29.6 Å². The third-order valence-electron chi connectivity index (χ3n) is 4.98. The minimum atomic E-state index is -0.420. The fourth-order valence-corrected chi connectivity index (χ4v) is 4.01. The molecule has 1 N–H and O–H groups in total. The number of halogens is 1. The van der Waals surface area contributed by atoms with Crippen molar-refractivity contribution < 1.29 is 14.2 Å². The molecule has 2 fully saturated rings. The lowest BCUT2D eigenvalue weighted by atomic mass is 9.82. The maximum atomic E-state index is 14.1. The van der Waals surface area contributed by atoms with Gasteiger partial charge in [-0.05, 0) is 48.6 Å². The molecule has 0 radical (unpaired) electrons. The van der Waals surface area contributed by atoms with E-state index in [4.69, 9.17) is 4.74 Å². The monoisotopic (exact) mass is 264 g/mol. The summed E-state index contributed by atoms with van der Waals surface area (Å²) < 4.78 is 19.1. The van der Waals surface area contributed by atoms with Gasteiger partial charge in [0.1, 0.15) is 0 Å². The molecule has 0 aliphatic heterocycles. The summed E-state index contributed by atoms with van der Waals surface area (Å²) in [4.78, 5) is 0. The number of hydrogen-bond acceptors (Lipinski definition) is 2. The molecule has 2 bridgehead atoms. The van der Waals surface area contributed by atoms with Gasteiger partial charge >= 0.3 is 0 Å². The molecule has 0 amide bonds. The normalized spacial score (nSPS) is 30.6. The zero-order valence-corrected chi connectivity index (χ0v) is 11.3. The maximum Gasteiger partial charge on any atom is 0.168 e. The molecule has 0 spiro atoms. The lowest BCUT2D eigenvalue weighted by Gasteiger charge is -2.27. The van der Waals surface area contributed by atoms with Crippen LogP contribution in [0.1, 0.15) is 31.2 Å². The van der Waals surface area contributed by atoms with Crippen LogP contribution >= 0.6 is 0 Å². The molecule has 0 heterocycles. The van der Waals surface area contributed by atoms with Crippen LogP contribution in [-0.2, 0) is 6.42 Å². The number of rotatable bonds is 4. The predicted molar refractivity (Wildman–Crippen MR) is 71.6 cm³/mol. The molecule has 4 atom stereocenters. The third-order valence-corrected chi connectivity index (χ3v) is 4.98. The number of fused-ring (bicyclic) bond motifs is 2. The van der Waals surface area contributed by atoms with E-state index in [1.165, 1.54) is 26.4 Å². The van der Waals surface area contributed by atoms with E-state index in [9.17, 15) is 9.50 Å². The van der Waals surface area contributed by atoms with Gasteiger partial charge in [0, 0.05) is 6.42 Å². The van der Waals surface area contributed by atoms with Crippen molar-refractivity contribution in [2.75, 3.05) is 7.11 Å². The second kappa shape index (κ2) is 5.12.